The number of likely N-dealkylation sites (N-methyl/N-ethyl adjacent to an activating group) is 1. The maximum Gasteiger partial charge on any atom is 0.282 e. The van der Waals surface area contributed by atoms with E-state index in [4.69, 9.17) is 0 Å². The monoisotopic (exact) mass is 455 g/mol. The van der Waals surface area contributed by atoms with Crippen molar-refractivity contribution in [2.75, 3.05) is 66.0 Å². The maximum atomic E-state index is 12.9. The van der Waals surface area contributed by atoms with Gasteiger partial charge in [0, 0.05) is 65.3 Å². The van der Waals surface area contributed by atoms with Crippen LogP contribution in [0, 0.1) is 11.8 Å². The number of amides is 3. The van der Waals surface area contributed by atoms with Gasteiger partial charge in [-0.25, -0.2) is 0 Å². The van der Waals surface area contributed by atoms with Crippen LogP contribution in [0.2, 0.25) is 0 Å². The number of likely N-dealkylation sites (tertiary alicyclic amines) is 1. The van der Waals surface area contributed by atoms with Gasteiger partial charge < -0.3 is 9.80 Å². The van der Waals surface area contributed by atoms with Crippen molar-refractivity contribution < 1.29 is 22.8 Å². The Bertz CT molecular complexity index is 794. The molecule has 4 fully saturated rings. The third kappa shape index (κ3) is 4.50. The number of carbonyl (C=O) groups is 3. The van der Waals surface area contributed by atoms with E-state index < -0.39 is 10.2 Å². The van der Waals surface area contributed by atoms with Gasteiger partial charge in [0.1, 0.15) is 0 Å². The molecule has 11 heteroatoms. The molecular weight excluding hydrogens is 422 g/mol. The molecule has 0 aromatic heterocycles. The Morgan fingerprint density at radius 2 is 1.32 bits per heavy atom. The van der Waals surface area contributed by atoms with Gasteiger partial charge in [0.2, 0.25) is 17.7 Å². The van der Waals surface area contributed by atoms with E-state index in [1.165, 1.54) is 13.5 Å². The highest BCUT2D eigenvalue weighted by atomic mass is 32.2. The first-order valence-corrected chi connectivity index (χ1v) is 12.8. The first kappa shape index (κ1) is 22.6. The summed E-state index contributed by atoms with van der Waals surface area (Å²) in [6.45, 7) is 3.73. The van der Waals surface area contributed by atoms with Crippen molar-refractivity contribution in [3.8, 4) is 0 Å². The number of fused-ring (bicyclic) bond motifs is 1. The highest BCUT2D eigenvalue weighted by Gasteiger charge is 2.48. The zero-order valence-electron chi connectivity index (χ0n) is 18.2. The molecule has 3 saturated heterocycles. The number of piperazine rings is 2. The van der Waals surface area contributed by atoms with Gasteiger partial charge in [0.15, 0.2) is 0 Å². The van der Waals surface area contributed by atoms with Gasteiger partial charge in [-0.1, -0.05) is 12.8 Å². The molecule has 3 heterocycles. The van der Waals surface area contributed by atoms with Crippen LogP contribution >= 0.6 is 0 Å². The fourth-order valence-electron chi connectivity index (χ4n) is 5.17. The van der Waals surface area contributed by atoms with Crippen molar-refractivity contribution in [1.82, 2.24) is 23.3 Å². The molecular formula is C20H33N5O5S. The summed E-state index contributed by atoms with van der Waals surface area (Å²) < 4.78 is 28.7. The third-order valence-electron chi connectivity index (χ3n) is 7.19. The second kappa shape index (κ2) is 9.13. The number of rotatable bonds is 5. The minimum absolute atomic E-state index is 0.0993. The summed E-state index contributed by atoms with van der Waals surface area (Å²) in [5, 5.41) is 0. The molecule has 31 heavy (non-hydrogen) atoms. The van der Waals surface area contributed by atoms with E-state index in [-0.39, 0.29) is 55.6 Å². The summed E-state index contributed by atoms with van der Waals surface area (Å²) in [6.07, 6.45) is 3.59. The fraction of sp³-hybridized carbons (Fsp3) is 0.850. The van der Waals surface area contributed by atoms with Crippen LogP contribution in [0.1, 0.15) is 32.1 Å². The average Bonchev–Trinajstić information content (AvgIpc) is 3.02. The number of hydrogen-bond acceptors (Lipinski definition) is 6. The van der Waals surface area contributed by atoms with Crippen LogP contribution in [0.5, 0.6) is 0 Å². The minimum Gasteiger partial charge on any atom is -0.340 e. The lowest BCUT2D eigenvalue weighted by Gasteiger charge is -2.39. The molecule has 1 saturated carbocycles. The lowest BCUT2D eigenvalue weighted by atomic mass is 9.81. The molecule has 0 aromatic carbocycles. The van der Waals surface area contributed by atoms with Crippen LogP contribution in [0.4, 0.5) is 0 Å². The quantitative estimate of drug-likeness (QED) is 0.503. The van der Waals surface area contributed by atoms with Gasteiger partial charge in [-0.3, -0.25) is 19.3 Å². The lowest BCUT2D eigenvalue weighted by molar-refractivity contribution is -0.141. The molecule has 0 spiro atoms. The van der Waals surface area contributed by atoms with E-state index in [1.54, 1.807) is 4.90 Å². The Morgan fingerprint density at radius 3 is 1.84 bits per heavy atom. The molecule has 2 unspecified atom stereocenters. The van der Waals surface area contributed by atoms with Crippen molar-refractivity contribution in [1.29, 1.82) is 0 Å². The van der Waals surface area contributed by atoms with Crippen LogP contribution in [0.3, 0.4) is 0 Å². The molecule has 3 aliphatic heterocycles. The number of imide groups is 1. The SMILES string of the molecule is CN1CCN(S(=O)(=O)N2CCN(C(=O)CCN3C(=O)C4CCCCC4C3=O)CC2)CC1. The smallest absolute Gasteiger partial charge is 0.282 e. The molecule has 4 rings (SSSR count). The van der Waals surface area contributed by atoms with Crippen molar-refractivity contribution >= 4 is 27.9 Å². The predicted molar refractivity (Wildman–Crippen MR) is 113 cm³/mol. The normalized spacial score (nSPS) is 29.5. The number of carbonyl (C=O) groups excluding carboxylic acids is 3. The molecule has 4 aliphatic rings. The van der Waals surface area contributed by atoms with Gasteiger partial charge in [0.05, 0.1) is 11.8 Å². The third-order valence-corrected chi connectivity index (χ3v) is 9.22. The van der Waals surface area contributed by atoms with E-state index >= 15 is 0 Å². The Labute approximate surface area is 184 Å². The van der Waals surface area contributed by atoms with Gasteiger partial charge in [-0.05, 0) is 19.9 Å². The average molecular weight is 456 g/mol. The fourth-order valence-corrected chi connectivity index (χ4v) is 6.74. The van der Waals surface area contributed by atoms with E-state index in [2.05, 4.69) is 4.90 Å². The summed E-state index contributed by atoms with van der Waals surface area (Å²) in [5.41, 5.74) is 0. The van der Waals surface area contributed by atoms with Crippen LogP contribution in [-0.2, 0) is 24.6 Å². The van der Waals surface area contributed by atoms with Gasteiger partial charge >= 0.3 is 0 Å². The highest BCUT2D eigenvalue weighted by molar-refractivity contribution is 7.86. The van der Waals surface area contributed by atoms with Gasteiger partial charge in [-0.15, -0.1) is 0 Å². The Hall–Kier alpha value is -1.56. The van der Waals surface area contributed by atoms with Crippen molar-refractivity contribution in [3.63, 3.8) is 0 Å². The Kier molecular flexibility index (Phi) is 6.66. The van der Waals surface area contributed by atoms with Gasteiger partial charge in [-0.2, -0.15) is 17.0 Å². The maximum absolute atomic E-state index is 12.9. The first-order chi connectivity index (χ1) is 14.8. The van der Waals surface area contributed by atoms with Crippen LogP contribution in [0.25, 0.3) is 0 Å². The standard InChI is InChI=1S/C20H33N5O5S/c1-21-8-12-23(13-9-21)31(29,30)24-14-10-22(11-15-24)18(26)6-7-25-19(27)16-4-2-3-5-17(16)20(25)28/h16-17H,2-15H2,1H3. The molecule has 3 amide bonds. The summed E-state index contributed by atoms with van der Waals surface area (Å²) in [7, 11) is -1.53. The Morgan fingerprint density at radius 1 is 0.839 bits per heavy atom. The topological polar surface area (TPSA) is 102 Å². The van der Waals surface area contributed by atoms with Crippen molar-refractivity contribution in [2.45, 2.75) is 32.1 Å². The minimum atomic E-state index is -3.51. The summed E-state index contributed by atoms with van der Waals surface area (Å²) in [5.74, 6) is -0.761. The molecule has 10 nitrogen and oxygen atoms in total. The number of hydrogen-bond donors (Lipinski definition) is 0. The lowest BCUT2D eigenvalue weighted by Crippen LogP contribution is -2.57. The largest absolute Gasteiger partial charge is 0.340 e. The van der Waals surface area contributed by atoms with Crippen LogP contribution in [-0.4, -0.2) is 115 Å². The molecule has 0 radical (unpaired) electrons. The van der Waals surface area contributed by atoms with E-state index in [0.717, 1.165) is 25.7 Å². The highest BCUT2D eigenvalue weighted by Crippen LogP contribution is 2.38. The first-order valence-electron chi connectivity index (χ1n) is 11.4. The molecule has 1 aliphatic carbocycles. The molecule has 0 aromatic rings. The summed E-state index contributed by atoms with van der Waals surface area (Å²) in [4.78, 5) is 42.8. The van der Waals surface area contributed by atoms with E-state index in [0.29, 0.717) is 39.3 Å². The predicted octanol–water partition coefficient (Wildman–Crippen LogP) is -0.812. The number of nitrogens with zero attached hydrogens (tertiary/aromatic N) is 5. The summed E-state index contributed by atoms with van der Waals surface area (Å²) in [6, 6.07) is 0. The van der Waals surface area contributed by atoms with Gasteiger partial charge in [0.25, 0.3) is 10.2 Å². The van der Waals surface area contributed by atoms with Crippen LogP contribution in [0.15, 0.2) is 0 Å². The molecule has 0 N–H and O–H groups in total. The molecule has 0 bridgehead atoms. The van der Waals surface area contributed by atoms with Crippen LogP contribution < -0.4 is 0 Å². The second-order valence-electron chi connectivity index (χ2n) is 9.07. The zero-order chi connectivity index (χ0) is 22.2. The van der Waals surface area contributed by atoms with Crippen molar-refractivity contribution in [3.05, 3.63) is 0 Å². The molecule has 174 valence electrons. The van der Waals surface area contributed by atoms with Crippen molar-refractivity contribution in [2.24, 2.45) is 11.8 Å². The van der Waals surface area contributed by atoms with E-state index in [9.17, 15) is 22.8 Å². The Balaban J connectivity index is 1.26. The second-order valence-corrected chi connectivity index (χ2v) is 11.0. The summed E-state index contributed by atoms with van der Waals surface area (Å²) >= 11 is 0. The molecule has 2 atom stereocenters. The van der Waals surface area contributed by atoms with E-state index in [1.807, 2.05) is 7.05 Å². The zero-order valence-corrected chi connectivity index (χ0v) is 19.1.